The van der Waals surface area contributed by atoms with E-state index in [4.69, 9.17) is 14.9 Å². The second-order valence-corrected chi connectivity index (χ2v) is 4.05. The van der Waals surface area contributed by atoms with Crippen LogP contribution in [-0.2, 0) is 9.59 Å². The number of rotatable bonds is 8. The molecule has 0 bridgehead atoms. The summed E-state index contributed by atoms with van der Waals surface area (Å²) in [5.74, 6) is -2.07. The second kappa shape index (κ2) is 8.41. The Morgan fingerprint density at radius 2 is 1.81 bits per heavy atom. The Balaban J connectivity index is 2.26. The number of nitrogens with one attached hydrogen (secondary N) is 2. The van der Waals surface area contributed by atoms with Crippen molar-refractivity contribution in [1.82, 2.24) is 10.6 Å². The number of carboxylic acid groups (broad SMARTS) is 2. The molecule has 1 aromatic carbocycles. The summed E-state index contributed by atoms with van der Waals surface area (Å²) in [6, 6.07) is 6.73. The van der Waals surface area contributed by atoms with Gasteiger partial charge in [-0.1, -0.05) is 18.2 Å². The van der Waals surface area contributed by atoms with Crippen LogP contribution in [-0.4, -0.2) is 47.4 Å². The summed E-state index contributed by atoms with van der Waals surface area (Å²) in [5, 5.41) is 21.7. The lowest BCUT2D eigenvalue weighted by Crippen LogP contribution is -2.47. The maximum Gasteiger partial charge on any atom is 0.326 e. The molecular weight excluding hydrogens is 280 g/mol. The zero-order valence-corrected chi connectivity index (χ0v) is 11.1. The number of urea groups is 1. The molecule has 0 aliphatic carbocycles. The van der Waals surface area contributed by atoms with Crippen LogP contribution in [0.5, 0.6) is 5.75 Å². The molecule has 0 aliphatic rings. The minimum Gasteiger partial charge on any atom is -0.492 e. The van der Waals surface area contributed by atoms with Crippen LogP contribution >= 0.6 is 0 Å². The highest BCUT2D eigenvalue weighted by Gasteiger charge is 2.22. The van der Waals surface area contributed by atoms with Crippen LogP contribution in [0.2, 0.25) is 0 Å². The second-order valence-electron chi connectivity index (χ2n) is 4.05. The Labute approximate surface area is 120 Å². The summed E-state index contributed by atoms with van der Waals surface area (Å²) in [6.07, 6.45) is -0.691. The van der Waals surface area contributed by atoms with Crippen molar-refractivity contribution in [3.05, 3.63) is 30.3 Å². The number of aliphatic carboxylic acids is 2. The SMILES string of the molecule is O=C(O)C[C@H](NC(=O)NCCOc1ccccc1)C(=O)O. The molecule has 0 spiro atoms. The Bertz CT molecular complexity index is 491. The molecule has 0 aromatic heterocycles. The van der Waals surface area contributed by atoms with Crippen molar-refractivity contribution in [1.29, 1.82) is 0 Å². The average molecular weight is 296 g/mol. The van der Waals surface area contributed by atoms with Crippen molar-refractivity contribution in [3.63, 3.8) is 0 Å². The van der Waals surface area contributed by atoms with Gasteiger partial charge in [0.15, 0.2) is 0 Å². The first-order chi connectivity index (χ1) is 9.99. The third-order valence-electron chi connectivity index (χ3n) is 2.38. The quantitative estimate of drug-likeness (QED) is 0.511. The maximum atomic E-state index is 11.4. The van der Waals surface area contributed by atoms with E-state index in [0.29, 0.717) is 5.75 Å². The van der Waals surface area contributed by atoms with Gasteiger partial charge in [0, 0.05) is 0 Å². The molecule has 0 saturated carbocycles. The lowest BCUT2D eigenvalue weighted by molar-refractivity contribution is -0.145. The molecular formula is C13H16N2O6. The van der Waals surface area contributed by atoms with Gasteiger partial charge in [-0.3, -0.25) is 4.79 Å². The third kappa shape index (κ3) is 6.81. The smallest absolute Gasteiger partial charge is 0.326 e. The van der Waals surface area contributed by atoms with Crippen LogP contribution in [0.3, 0.4) is 0 Å². The first-order valence-electron chi connectivity index (χ1n) is 6.16. The lowest BCUT2D eigenvalue weighted by Gasteiger charge is -2.13. The summed E-state index contributed by atoms with van der Waals surface area (Å²) in [4.78, 5) is 32.6. The zero-order chi connectivity index (χ0) is 15.7. The Morgan fingerprint density at radius 3 is 2.38 bits per heavy atom. The predicted octanol–water partition coefficient (Wildman–Crippen LogP) is 0.292. The highest BCUT2D eigenvalue weighted by molar-refractivity contribution is 5.86. The third-order valence-corrected chi connectivity index (χ3v) is 2.38. The van der Waals surface area contributed by atoms with Gasteiger partial charge in [-0.05, 0) is 12.1 Å². The molecule has 1 rings (SSSR count). The zero-order valence-electron chi connectivity index (χ0n) is 11.1. The molecule has 1 aromatic rings. The number of ether oxygens (including phenoxy) is 1. The van der Waals surface area contributed by atoms with E-state index in [2.05, 4.69) is 10.6 Å². The Hall–Kier alpha value is -2.77. The van der Waals surface area contributed by atoms with E-state index in [0.717, 1.165) is 0 Å². The standard InChI is InChI=1S/C13H16N2O6/c16-11(17)8-10(12(18)19)15-13(20)14-6-7-21-9-4-2-1-3-5-9/h1-5,10H,6-8H2,(H,16,17)(H,18,19)(H2,14,15,20)/t10-/m0/s1. The fourth-order valence-corrected chi connectivity index (χ4v) is 1.43. The van der Waals surface area contributed by atoms with Crippen molar-refractivity contribution in [2.75, 3.05) is 13.2 Å². The van der Waals surface area contributed by atoms with Gasteiger partial charge in [-0.2, -0.15) is 0 Å². The number of carbonyl (C=O) groups is 3. The van der Waals surface area contributed by atoms with Gasteiger partial charge in [0.2, 0.25) is 0 Å². The van der Waals surface area contributed by atoms with E-state index in [1.54, 1.807) is 24.3 Å². The van der Waals surface area contributed by atoms with Gasteiger partial charge in [0.1, 0.15) is 18.4 Å². The number of carbonyl (C=O) groups excluding carboxylic acids is 1. The average Bonchev–Trinajstić information content (AvgIpc) is 2.43. The Kier molecular flexibility index (Phi) is 6.52. The van der Waals surface area contributed by atoms with Gasteiger partial charge < -0.3 is 25.6 Å². The molecule has 8 heteroatoms. The van der Waals surface area contributed by atoms with Gasteiger partial charge >= 0.3 is 18.0 Å². The van der Waals surface area contributed by atoms with Crippen molar-refractivity contribution < 1.29 is 29.3 Å². The summed E-state index contributed by atoms with van der Waals surface area (Å²) in [6.45, 7) is 0.355. The normalized spacial score (nSPS) is 11.2. The summed E-state index contributed by atoms with van der Waals surface area (Å²) < 4.78 is 5.32. The van der Waals surface area contributed by atoms with Gasteiger partial charge in [-0.15, -0.1) is 0 Å². The molecule has 0 fully saturated rings. The highest BCUT2D eigenvalue weighted by Crippen LogP contribution is 2.07. The summed E-state index contributed by atoms with van der Waals surface area (Å²) in [7, 11) is 0. The van der Waals surface area contributed by atoms with Crippen LogP contribution in [0.4, 0.5) is 4.79 Å². The molecule has 21 heavy (non-hydrogen) atoms. The molecule has 2 amide bonds. The topological polar surface area (TPSA) is 125 Å². The van der Waals surface area contributed by atoms with Crippen LogP contribution in [0, 0.1) is 0 Å². The van der Waals surface area contributed by atoms with E-state index in [1.165, 1.54) is 0 Å². The first-order valence-corrected chi connectivity index (χ1v) is 6.16. The monoisotopic (exact) mass is 296 g/mol. The minimum absolute atomic E-state index is 0.153. The molecule has 114 valence electrons. The van der Waals surface area contributed by atoms with Gasteiger partial charge in [0.05, 0.1) is 13.0 Å². The van der Waals surface area contributed by atoms with Crippen molar-refractivity contribution in [2.45, 2.75) is 12.5 Å². The van der Waals surface area contributed by atoms with E-state index in [-0.39, 0.29) is 13.2 Å². The van der Waals surface area contributed by atoms with Gasteiger partial charge in [0.25, 0.3) is 0 Å². The molecule has 4 N–H and O–H groups in total. The lowest BCUT2D eigenvalue weighted by atomic mass is 10.2. The molecule has 0 heterocycles. The first kappa shape index (κ1) is 16.3. The molecule has 8 nitrogen and oxygen atoms in total. The van der Waals surface area contributed by atoms with Crippen molar-refractivity contribution >= 4 is 18.0 Å². The summed E-state index contributed by atoms with van der Waals surface area (Å²) in [5.41, 5.74) is 0. The molecule has 0 unspecified atom stereocenters. The number of hydrogen-bond donors (Lipinski definition) is 4. The number of hydrogen-bond acceptors (Lipinski definition) is 4. The summed E-state index contributed by atoms with van der Waals surface area (Å²) >= 11 is 0. The fraction of sp³-hybridized carbons (Fsp3) is 0.308. The number of para-hydroxylation sites is 1. The number of carboxylic acids is 2. The van der Waals surface area contributed by atoms with E-state index in [9.17, 15) is 14.4 Å². The van der Waals surface area contributed by atoms with Crippen LogP contribution in [0.15, 0.2) is 30.3 Å². The number of benzene rings is 1. The molecule has 0 radical (unpaired) electrons. The molecule has 1 atom stereocenters. The van der Waals surface area contributed by atoms with E-state index in [1.807, 2.05) is 6.07 Å². The van der Waals surface area contributed by atoms with Crippen LogP contribution in [0.25, 0.3) is 0 Å². The fourth-order valence-electron chi connectivity index (χ4n) is 1.43. The largest absolute Gasteiger partial charge is 0.492 e. The predicted molar refractivity (Wildman–Crippen MR) is 72.1 cm³/mol. The molecule has 0 aliphatic heterocycles. The van der Waals surface area contributed by atoms with E-state index >= 15 is 0 Å². The highest BCUT2D eigenvalue weighted by atomic mass is 16.5. The van der Waals surface area contributed by atoms with E-state index < -0.39 is 30.4 Å². The van der Waals surface area contributed by atoms with Gasteiger partial charge in [-0.25, -0.2) is 9.59 Å². The van der Waals surface area contributed by atoms with Crippen molar-refractivity contribution in [3.8, 4) is 5.75 Å². The number of amides is 2. The van der Waals surface area contributed by atoms with Crippen molar-refractivity contribution in [2.24, 2.45) is 0 Å². The maximum absolute atomic E-state index is 11.4. The van der Waals surface area contributed by atoms with Crippen LogP contribution in [0.1, 0.15) is 6.42 Å². The molecule has 0 saturated heterocycles. The Morgan fingerprint density at radius 1 is 1.14 bits per heavy atom. The minimum atomic E-state index is -1.47. The van der Waals surface area contributed by atoms with Crippen LogP contribution < -0.4 is 15.4 Å².